The molecule has 2 heterocycles. The molecular formula is C14H13N3OS. The van der Waals surface area contributed by atoms with Gasteiger partial charge in [0.15, 0.2) is 0 Å². The van der Waals surface area contributed by atoms with Crippen LogP contribution in [0.1, 0.15) is 18.7 Å². The second-order valence-electron chi connectivity index (χ2n) is 4.80. The van der Waals surface area contributed by atoms with E-state index in [9.17, 15) is 0 Å². The molecule has 1 fully saturated rings. The van der Waals surface area contributed by atoms with Crippen molar-refractivity contribution in [2.45, 2.75) is 25.4 Å². The van der Waals surface area contributed by atoms with E-state index in [1.807, 2.05) is 12.1 Å². The molecule has 2 aromatic heterocycles. The summed E-state index contributed by atoms with van der Waals surface area (Å²) >= 11 is 1.70. The monoisotopic (exact) mass is 271 g/mol. The van der Waals surface area contributed by atoms with E-state index in [0.717, 1.165) is 5.56 Å². The molecule has 96 valence electrons. The maximum Gasteiger partial charge on any atom is 0.249 e. The van der Waals surface area contributed by atoms with Crippen LogP contribution in [0.2, 0.25) is 0 Å². The van der Waals surface area contributed by atoms with Gasteiger partial charge in [-0.25, -0.2) is 0 Å². The van der Waals surface area contributed by atoms with E-state index in [2.05, 4.69) is 33.0 Å². The van der Waals surface area contributed by atoms with Crippen LogP contribution in [0.5, 0.6) is 0 Å². The van der Waals surface area contributed by atoms with Gasteiger partial charge in [-0.05, 0) is 18.9 Å². The van der Waals surface area contributed by atoms with Crippen molar-refractivity contribution in [1.82, 2.24) is 15.5 Å². The molecule has 4 rings (SSSR count). The molecule has 3 aromatic rings. The smallest absolute Gasteiger partial charge is 0.249 e. The van der Waals surface area contributed by atoms with Gasteiger partial charge in [0, 0.05) is 21.5 Å². The second kappa shape index (κ2) is 4.43. The first kappa shape index (κ1) is 11.1. The van der Waals surface area contributed by atoms with Crippen molar-refractivity contribution in [3.05, 3.63) is 35.5 Å². The lowest BCUT2D eigenvalue weighted by molar-refractivity contribution is 0.477. The van der Waals surface area contributed by atoms with Crippen LogP contribution in [0.15, 0.2) is 34.1 Å². The third kappa shape index (κ3) is 2.15. The molecule has 5 heteroatoms. The Morgan fingerprint density at radius 2 is 2.16 bits per heavy atom. The van der Waals surface area contributed by atoms with Gasteiger partial charge in [0.1, 0.15) is 0 Å². The molecule has 1 N–H and O–H groups in total. The largest absolute Gasteiger partial charge is 0.419 e. The fraction of sp³-hybridized carbons (Fsp3) is 0.286. The fourth-order valence-electron chi connectivity index (χ4n) is 2.10. The standard InChI is InChI=1S/C14H13N3OS/c1-2-4-12-10(3-1)11(8-19-12)14-17-16-13(18-14)7-15-9-5-6-9/h1-4,8-9,15H,5-7H2. The molecule has 4 nitrogen and oxygen atoms in total. The molecule has 0 bridgehead atoms. The molecule has 0 amide bonds. The average Bonchev–Trinajstić information content (AvgIpc) is 3.00. The SMILES string of the molecule is c1ccc2c(-c3nnc(CNC4CC4)o3)csc2c1. The predicted octanol–water partition coefficient (Wildman–Crippen LogP) is 3.20. The Hall–Kier alpha value is -1.72. The zero-order valence-electron chi connectivity index (χ0n) is 10.3. The summed E-state index contributed by atoms with van der Waals surface area (Å²) in [4.78, 5) is 0. The molecule has 1 aromatic carbocycles. The molecule has 0 aliphatic heterocycles. The van der Waals surface area contributed by atoms with Crippen LogP contribution in [-0.2, 0) is 6.54 Å². The summed E-state index contributed by atoms with van der Waals surface area (Å²) in [6.45, 7) is 0.666. The maximum atomic E-state index is 5.74. The summed E-state index contributed by atoms with van der Waals surface area (Å²) in [6.07, 6.45) is 2.52. The van der Waals surface area contributed by atoms with E-state index in [-0.39, 0.29) is 0 Å². The lowest BCUT2D eigenvalue weighted by atomic mass is 10.2. The quantitative estimate of drug-likeness (QED) is 0.791. The highest BCUT2D eigenvalue weighted by molar-refractivity contribution is 7.17. The minimum Gasteiger partial charge on any atom is -0.419 e. The molecule has 19 heavy (non-hydrogen) atoms. The van der Waals surface area contributed by atoms with Crippen LogP contribution in [0.3, 0.4) is 0 Å². The summed E-state index contributed by atoms with van der Waals surface area (Å²) in [5.74, 6) is 1.28. The summed E-state index contributed by atoms with van der Waals surface area (Å²) < 4.78 is 6.98. The number of hydrogen-bond donors (Lipinski definition) is 1. The maximum absolute atomic E-state index is 5.74. The van der Waals surface area contributed by atoms with Crippen molar-refractivity contribution in [3.63, 3.8) is 0 Å². The molecule has 0 radical (unpaired) electrons. The number of aromatic nitrogens is 2. The third-order valence-electron chi connectivity index (χ3n) is 3.30. The number of nitrogens with zero attached hydrogens (tertiary/aromatic N) is 2. The zero-order valence-corrected chi connectivity index (χ0v) is 11.1. The summed E-state index contributed by atoms with van der Waals surface area (Å²) in [5, 5.41) is 14.9. The lowest BCUT2D eigenvalue weighted by Gasteiger charge is -1.96. The molecule has 0 spiro atoms. The van der Waals surface area contributed by atoms with Gasteiger partial charge in [0.25, 0.3) is 0 Å². The van der Waals surface area contributed by atoms with Crippen molar-refractivity contribution in [2.75, 3.05) is 0 Å². The molecule has 0 atom stereocenters. The number of hydrogen-bond acceptors (Lipinski definition) is 5. The number of fused-ring (bicyclic) bond motifs is 1. The van der Waals surface area contributed by atoms with Gasteiger partial charge in [-0.15, -0.1) is 21.5 Å². The molecule has 1 saturated carbocycles. The van der Waals surface area contributed by atoms with Crippen LogP contribution < -0.4 is 5.32 Å². The lowest BCUT2D eigenvalue weighted by Crippen LogP contribution is -2.15. The van der Waals surface area contributed by atoms with E-state index in [0.29, 0.717) is 24.4 Å². The Balaban J connectivity index is 1.64. The van der Waals surface area contributed by atoms with Gasteiger partial charge in [0.05, 0.1) is 12.1 Å². The first-order valence-electron chi connectivity index (χ1n) is 6.42. The van der Waals surface area contributed by atoms with Gasteiger partial charge < -0.3 is 9.73 Å². The number of nitrogens with one attached hydrogen (secondary N) is 1. The van der Waals surface area contributed by atoms with Crippen molar-refractivity contribution in [2.24, 2.45) is 0 Å². The molecule has 0 unspecified atom stereocenters. The highest BCUT2D eigenvalue weighted by Crippen LogP contribution is 2.32. The Morgan fingerprint density at radius 3 is 3.05 bits per heavy atom. The third-order valence-corrected chi connectivity index (χ3v) is 4.26. The van der Waals surface area contributed by atoms with Gasteiger partial charge in [-0.3, -0.25) is 0 Å². The zero-order chi connectivity index (χ0) is 12.7. The number of thiophene rings is 1. The first-order chi connectivity index (χ1) is 9.40. The van der Waals surface area contributed by atoms with E-state index in [4.69, 9.17) is 4.42 Å². The van der Waals surface area contributed by atoms with Crippen molar-refractivity contribution < 1.29 is 4.42 Å². The molecule has 1 aliphatic carbocycles. The van der Waals surface area contributed by atoms with Gasteiger partial charge in [0.2, 0.25) is 11.8 Å². The second-order valence-corrected chi connectivity index (χ2v) is 5.71. The molecular weight excluding hydrogens is 258 g/mol. The minimum absolute atomic E-state index is 0.616. The van der Waals surface area contributed by atoms with Crippen LogP contribution in [0, 0.1) is 0 Å². The highest BCUT2D eigenvalue weighted by Gasteiger charge is 2.21. The Morgan fingerprint density at radius 1 is 1.26 bits per heavy atom. The Kier molecular flexibility index (Phi) is 2.60. The summed E-state index contributed by atoms with van der Waals surface area (Å²) in [7, 11) is 0. The fourth-order valence-corrected chi connectivity index (χ4v) is 3.03. The van der Waals surface area contributed by atoms with Crippen LogP contribution in [0.4, 0.5) is 0 Å². The van der Waals surface area contributed by atoms with Crippen molar-refractivity contribution >= 4 is 21.4 Å². The van der Waals surface area contributed by atoms with E-state index in [1.54, 1.807) is 11.3 Å². The topological polar surface area (TPSA) is 51.0 Å². The first-order valence-corrected chi connectivity index (χ1v) is 7.30. The van der Waals surface area contributed by atoms with E-state index >= 15 is 0 Å². The Labute approximate surface area is 114 Å². The molecule has 0 saturated heterocycles. The average molecular weight is 271 g/mol. The van der Waals surface area contributed by atoms with E-state index in [1.165, 1.54) is 22.9 Å². The van der Waals surface area contributed by atoms with Crippen molar-refractivity contribution in [1.29, 1.82) is 0 Å². The molecule has 1 aliphatic rings. The minimum atomic E-state index is 0.616. The number of rotatable bonds is 4. The van der Waals surface area contributed by atoms with Crippen LogP contribution in [0.25, 0.3) is 21.5 Å². The predicted molar refractivity (Wildman–Crippen MR) is 75.0 cm³/mol. The van der Waals surface area contributed by atoms with Gasteiger partial charge in [-0.1, -0.05) is 18.2 Å². The summed E-state index contributed by atoms with van der Waals surface area (Å²) in [6, 6.07) is 8.92. The Bertz CT molecular complexity index is 714. The van der Waals surface area contributed by atoms with Gasteiger partial charge >= 0.3 is 0 Å². The number of benzene rings is 1. The van der Waals surface area contributed by atoms with Crippen LogP contribution in [-0.4, -0.2) is 16.2 Å². The normalized spacial score (nSPS) is 15.2. The van der Waals surface area contributed by atoms with Gasteiger partial charge in [-0.2, -0.15) is 0 Å². The highest BCUT2D eigenvalue weighted by atomic mass is 32.1. The van der Waals surface area contributed by atoms with Crippen molar-refractivity contribution in [3.8, 4) is 11.5 Å². The summed E-state index contributed by atoms with van der Waals surface area (Å²) in [5.41, 5.74) is 1.03. The van der Waals surface area contributed by atoms with Crippen LogP contribution >= 0.6 is 11.3 Å². The van der Waals surface area contributed by atoms with E-state index < -0.39 is 0 Å².